The SMILES string of the molecule is CN=C(NCC(C)Oc1ccccc1C)NCC(C)N1CCOCC1C.I. The van der Waals surface area contributed by atoms with Crippen LogP contribution in [-0.4, -0.2) is 68.9 Å². The molecule has 0 aliphatic carbocycles. The van der Waals surface area contributed by atoms with E-state index in [4.69, 9.17) is 9.47 Å². The van der Waals surface area contributed by atoms with Crippen molar-refractivity contribution in [3.63, 3.8) is 0 Å². The van der Waals surface area contributed by atoms with Crippen LogP contribution in [0, 0.1) is 6.92 Å². The van der Waals surface area contributed by atoms with E-state index >= 15 is 0 Å². The van der Waals surface area contributed by atoms with E-state index in [-0.39, 0.29) is 30.1 Å². The number of hydrogen-bond acceptors (Lipinski definition) is 4. The Kier molecular flexibility index (Phi) is 11.0. The maximum absolute atomic E-state index is 6.01. The largest absolute Gasteiger partial charge is 0.489 e. The monoisotopic (exact) mass is 490 g/mol. The molecule has 1 saturated heterocycles. The molecule has 1 aliphatic heterocycles. The minimum absolute atomic E-state index is 0. The fourth-order valence-corrected chi connectivity index (χ4v) is 3.16. The summed E-state index contributed by atoms with van der Waals surface area (Å²) in [4.78, 5) is 6.80. The van der Waals surface area contributed by atoms with Crippen LogP contribution in [0.15, 0.2) is 29.3 Å². The number of benzene rings is 1. The lowest BCUT2D eigenvalue weighted by Crippen LogP contribution is -2.53. The van der Waals surface area contributed by atoms with Crippen LogP contribution < -0.4 is 15.4 Å². The molecule has 3 unspecified atom stereocenters. The number of hydrogen-bond donors (Lipinski definition) is 2. The number of morpholine rings is 1. The highest BCUT2D eigenvalue weighted by Crippen LogP contribution is 2.17. The van der Waals surface area contributed by atoms with Crippen molar-refractivity contribution < 1.29 is 9.47 Å². The number of nitrogens with one attached hydrogen (secondary N) is 2. The Morgan fingerprint density at radius 1 is 1.30 bits per heavy atom. The van der Waals surface area contributed by atoms with Crippen LogP contribution in [0.4, 0.5) is 0 Å². The van der Waals surface area contributed by atoms with Gasteiger partial charge in [-0.15, -0.1) is 24.0 Å². The van der Waals surface area contributed by atoms with Crippen molar-refractivity contribution in [3.05, 3.63) is 29.8 Å². The van der Waals surface area contributed by atoms with Gasteiger partial charge in [0.1, 0.15) is 11.9 Å². The Labute approximate surface area is 181 Å². The average Bonchev–Trinajstić information content (AvgIpc) is 2.64. The number of para-hydroxylation sites is 1. The van der Waals surface area contributed by atoms with E-state index in [0.29, 0.717) is 18.6 Å². The van der Waals surface area contributed by atoms with Crippen LogP contribution in [0.2, 0.25) is 0 Å². The molecule has 3 atom stereocenters. The van der Waals surface area contributed by atoms with Gasteiger partial charge in [-0.25, -0.2) is 0 Å². The molecule has 1 fully saturated rings. The van der Waals surface area contributed by atoms with Gasteiger partial charge < -0.3 is 20.1 Å². The van der Waals surface area contributed by atoms with Crippen molar-refractivity contribution in [2.75, 3.05) is 39.9 Å². The molecule has 154 valence electrons. The van der Waals surface area contributed by atoms with E-state index < -0.39 is 0 Å². The quantitative estimate of drug-likeness (QED) is 0.350. The van der Waals surface area contributed by atoms with E-state index in [1.165, 1.54) is 0 Å². The van der Waals surface area contributed by atoms with Crippen molar-refractivity contribution in [1.29, 1.82) is 0 Å². The number of guanidine groups is 1. The van der Waals surface area contributed by atoms with Crippen molar-refractivity contribution >= 4 is 29.9 Å². The molecule has 1 aromatic carbocycles. The van der Waals surface area contributed by atoms with E-state index in [1.54, 1.807) is 7.05 Å². The van der Waals surface area contributed by atoms with E-state index in [9.17, 15) is 0 Å². The highest BCUT2D eigenvalue weighted by atomic mass is 127. The molecule has 2 rings (SSSR count). The molecule has 27 heavy (non-hydrogen) atoms. The van der Waals surface area contributed by atoms with Crippen LogP contribution >= 0.6 is 24.0 Å². The first kappa shape index (κ1) is 24.0. The molecule has 0 aromatic heterocycles. The van der Waals surface area contributed by atoms with E-state index in [2.05, 4.69) is 54.3 Å². The van der Waals surface area contributed by atoms with E-state index in [0.717, 1.165) is 43.6 Å². The predicted octanol–water partition coefficient (Wildman–Crippen LogP) is 2.65. The first-order chi connectivity index (χ1) is 12.5. The van der Waals surface area contributed by atoms with Crippen LogP contribution in [0.25, 0.3) is 0 Å². The first-order valence-electron chi connectivity index (χ1n) is 9.51. The maximum atomic E-state index is 6.01. The topological polar surface area (TPSA) is 58.1 Å². The lowest BCUT2D eigenvalue weighted by Gasteiger charge is -2.38. The number of rotatable bonds is 7. The van der Waals surface area contributed by atoms with Gasteiger partial charge in [-0.05, 0) is 39.3 Å². The third-order valence-electron chi connectivity index (χ3n) is 4.75. The van der Waals surface area contributed by atoms with Crippen molar-refractivity contribution in [3.8, 4) is 5.75 Å². The second kappa shape index (κ2) is 12.4. The van der Waals surface area contributed by atoms with Gasteiger partial charge in [-0.2, -0.15) is 0 Å². The summed E-state index contributed by atoms with van der Waals surface area (Å²) in [5, 5.41) is 6.77. The minimum atomic E-state index is 0. The second-order valence-electron chi connectivity index (χ2n) is 7.04. The maximum Gasteiger partial charge on any atom is 0.191 e. The van der Waals surface area contributed by atoms with Gasteiger partial charge >= 0.3 is 0 Å². The molecule has 1 aliphatic rings. The smallest absolute Gasteiger partial charge is 0.191 e. The van der Waals surface area contributed by atoms with Crippen LogP contribution in [-0.2, 0) is 4.74 Å². The number of nitrogens with zero attached hydrogens (tertiary/aromatic N) is 2. The van der Waals surface area contributed by atoms with Gasteiger partial charge in [0.25, 0.3) is 0 Å². The summed E-state index contributed by atoms with van der Waals surface area (Å²) in [6, 6.07) is 8.96. The van der Waals surface area contributed by atoms with Gasteiger partial charge in [-0.1, -0.05) is 18.2 Å². The van der Waals surface area contributed by atoms with Gasteiger partial charge in [0.05, 0.1) is 19.8 Å². The zero-order valence-corrected chi connectivity index (χ0v) is 19.5. The van der Waals surface area contributed by atoms with Crippen LogP contribution in [0.5, 0.6) is 5.75 Å². The molecule has 0 radical (unpaired) electrons. The van der Waals surface area contributed by atoms with Crippen LogP contribution in [0.3, 0.4) is 0 Å². The third-order valence-corrected chi connectivity index (χ3v) is 4.75. The highest BCUT2D eigenvalue weighted by Gasteiger charge is 2.23. The fraction of sp³-hybridized carbons (Fsp3) is 0.650. The number of aliphatic imine (C=N–C) groups is 1. The molecule has 0 saturated carbocycles. The Morgan fingerprint density at radius 2 is 2.00 bits per heavy atom. The molecule has 0 spiro atoms. The molecular formula is C20H35IN4O2. The molecule has 1 aromatic rings. The Hall–Kier alpha value is -1.06. The third kappa shape index (κ3) is 7.83. The van der Waals surface area contributed by atoms with Gasteiger partial charge in [0, 0.05) is 32.2 Å². The zero-order chi connectivity index (χ0) is 18.9. The number of halogens is 1. The second-order valence-corrected chi connectivity index (χ2v) is 7.04. The molecule has 0 bridgehead atoms. The predicted molar refractivity (Wildman–Crippen MR) is 122 cm³/mol. The van der Waals surface area contributed by atoms with Crippen molar-refractivity contribution in [1.82, 2.24) is 15.5 Å². The molecule has 7 heteroatoms. The summed E-state index contributed by atoms with van der Waals surface area (Å²) in [5.74, 6) is 1.73. The molecular weight excluding hydrogens is 455 g/mol. The summed E-state index contributed by atoms with van der Waals surface area (Å²) in [6.45, 7) is 12.7. The summed E-state index contributed by atoms with van der Waals surface area (Å²) < 4.78 is 11.5. The Bertz CT molecular complexity index is 585. The first-order valence-corrected chi connectivity index (χ1v) is 9.51. The fourth-order valence-electron chi connectivity index (χ4n) is 3.16. The number of aryl methyl sites for hydroxylation is 1. The normalized spacial score (nSPS) is 20.3. The standard InChI is InChI=1S/C20H34N4O2.HI/c1-15-8-6-7-9-19(15)26-18(4)13-23-20(21-5)22-12-16(2)24-10-11-25-14-17(24)3;/h6-9,16-18H,10-14H2,1-5H3,(H2,21,22,23);1H. The van der Waals surface area contributed by atoms with Crippen molar-refractivity contribution in [2.45, 2.75) is 45.9 Å². The summed E-state index contributed by atoms with van der Waals surface area (Å²) in [6.07, 6.45) is 0.0475. The highest BCUT2D eigenvalue weighted by molar-refractivity contribution is 14.0. The van der Waals surface area contributed by atoms with E-state index in [1.807, 2.05) is 18.2 Å². The van der Waals surface area contributed by atoms with Gasteiger partial charge in [0.2, 0.25) is 0 Å². The minimum Gasteiger partial charge on any atom is -0.489 e. The van der Waals surface area contributed by atoms with Crippen LogP contribution in [0.1, 0.15) is 26.3 Å². The molecule has 0 amide bonds. The molecule has 6 nitrogen and oxygen atoms in total. The zero-order valence-electron chi connectivity index (χ0n) is 17.2. The van der Waals surface area contributed by atoms with Crippen molar-refractivity contribution in [2.24, 2.45) is 4.99 Å². The Balaban J connectivity index is 0.00000364. The molecule has 1 heterocycles. The lowest BCUT2D eigenvalue weighted by atomic mass is 10.2. The molecule has 2 N–H and O–H groups in total. The summed E-state index contributed by atoms with van der Waals surface area (Å²) in [5.41, 5.74) is 1.15. The number of ether oxygens (including phenoxy) is 2. The summed E-state index contributed by atoms with van der Waals surface area (Å²) >= 11 is 0. The van der Waals surface area contributed by atoms with Gasteiger partial charge in [-0.3, -0.25) is 9.89 Å². The summed E-state index contributed by atoms with van der Waals surface area (Å²) in [7, 11) is 1.80. The van der Waals surface area contributed by atoms with Gasteiger partial charge in [0.15, 0.2) is 5.96 Å². The average molecular weight is 490 g/mol. The Morgan fingerprint density at radius 3 is 2.67 bits per heavy atom. The lowest BCUT2D eigenvalue weighted by molar-refractivity contribution is -0.0174.